The first kappa shape index (κ1) is 29.5. The Bertz CT molecular complexity index is 1010. The minimum absolute atomic E-state index is 0.294. The summed E-state index contributed by atoms with van der Waals surface area (Å²) < 4.78 is 22.3. The predicted octanol–water partition coefficient (Wildman–Crippen LogP) is 3.02. The lowest BCUT2D eigenvalue weighted by atomic mass is 10.1. The van der Waals surface area contributed by atoms with Crippen LogP contribution in [0, 0.1) is 5.82 Å². The van der Waals surface area contributed by atoms with Gasteiger partial charge in [0, 0.05) is 48.7 Å². The summed E-state index contributed by atoms with van der Waals surface area (Å²) in [7, 11) is 1.40. The first-order valence-corrected chi connectivity index (χ1v) is 12.6. The van der Waals surface area contributed by atoms with Gasteiger partial charge in [-0.2, -0.15) is 0 Å². The highest BCUT2D eigenvalue weighted by Crippen LogP contribution is 2.18. The van der Waals surface area contributed by atoms with Gasteiger partial charge in [-0.15, -0.1) is 11.8 Å². The molecule has 0 unspecified atom stereocenters. The number of methoxy groups -OCH3 is 1. The molecule has 1 fully saturated rings. The Balaban J connectivity index is 0.000000267. The van der Waals surface area contributed by atoms with E-state index in [4.69, 9.17) is 26.2 Å². The van der Waals surface area contributed by atoms with E-state index in [1.54, 1.807) is 30.8 Å². The van der Waals surface area contributed by atoms with Crippen LogP contribution in [0.25, 0.3) is 0 Å². The lowest BCUT2D eigenvalue weighted by molar-refractivity contribution is -0.136. The highest BCUT2D eigenvalue weighted by molar-refractivity contribution is 8.16. The van der Waals surface area contributed by atoms with Crippen LogP contribution in [0.1, 0.15) is 6.92 Å². The second-order valence-corrected chi connectivity index (χ2v) is 8.96. The number of thioether (sulfide) groups is 1. The summed E-state index contributed by atoms with van der Waals surface area (Å²) in [5.41, 5.74) is 1.47. The van der Waals surface area contributed by atoms with E-state index in [0.717, 1.165) is 61.3 Å². The number of aliphatic carboxylic acids is 1. The largest absolute Gasteiger partial charge is 0.478 e. The second kappa shape index (κ2) is 16.1. The quantitative estimate of drug-likeness (QED) is 0.433. The normalized spacial score (nSPS) is 17.7. The molecule has 3 aliphatic rings. The van der Waals surface area contributed by atoms with Crippen molar-refractivity contribution < 1.29 is 28.6 Å². The summed E-state index contributed by atoms with van der Waals surface area (Å²) in [6, 6.07) is 5.82. The van der Waals surface area contributed by atoms with Crippen molar-refractivity contribution in [2.45, 2.75) is 6.92 Å². The third-order valence-corrected chi connectivity index (χ3v) is 6.05. The minimum atomic E-state index is -0.891. The van der Waals surface area contributed by atoms with Gasteiger partial charge in [0.15, 0.2) is 5.84 Å². The second-order valence-electron chi connectivity index (χ2n) is 7.44. The van der Waals surface area contributed by atoms with E-state index in [9.17, 15) is 14.0 Å². The molecule has 0 saturated carbocycles. The van der Waals surface area contributed by atoms with E-state index in [2.05, 4.69) is 20.2 Å². The number of nitrogens with zero attached hydrogens (tertiary/aromatic N) is 3. The predicted molar refractivity (Wildman–Crippen MR) is 140 cm³/mol. The van der Waals surface area contributed by atoms with Crippen LogP contribution in [-0.2, 0) is 19.1 Å². The number of nitrogens with one attached hydrogen (secondary N) is 1. The number of halogens is 2. The molecule has 0 amide bonds. The zero-order chi connectivity index (χ0) is 26.3. The molecule has 0 aromatic heterocycles. The molecule has 12 heteroatoms. The van der Waals surface area contributed by atoms with Gasteiger partial charge in [-0.05, 0) is 25.1 Å². The lowest BCUT2D eigenvalue weighted by Crippen LogP contribution is -2.43. The summed E-state index contributed by atoms with van der Waals surface area (Å²) in [6.07, 6.45) is 2.56. The standard InChI is InChI=1S/C14H20N4O3S.C6H4ClF.C4H6O2/c1-20-14(19)10-8-16-12(13-15-2-7-22-13)17-11(10)9-18-3-5-21-6-4-18;7-5-2-1-3-6(8)4-5;1-2-3-4(5)6/h2-9H2,1H3,(H,16,17);1-4H;2-3H,1H3,(H,5,6)/b;;3-2-. The van der Waals surface area contributed by atoms with E-state index in [1.165, 1.54) is 25.3 Å². The number of hydrogen-bond donors (Lipinski definition) is 2. The van der Waals surface area contributed by atoms with Gasteiger partial charge in [0.05, 0.1) is 32.4 Å². The molecule has 196 valence electrons. The number of carboxylic acid groups (broad SMARTS) is 1. The SMILES string of the molecule is C/C=C\C(=O)O.COC(=O)C1=C(CN2CCOCC2)NC(C2=NCCS2)=NC1.Fc1cccc(Cl)c1. The van der Waals surface area contributed by atoms with Gasteiger partial charge in [0.2, 0.25) is 0 Å². The molecule has 3 aliphatic heterocycles. The summed E-state index contributed by atoms with van der Waals surface area (Å²) in [6.45, 7) is 6.68. The van der Waals surface area contributed by atoms with Gasteiger partial charge < -0.3 is 19.9 Å². The minimum Gasteiger partial charge on any atom is -0.478 e. The molecule has 2 N–H and O–H groups in total. The Hall–Kier alpha value is -2.73. The Morgan fingerprint density at radius 1 is 1.33 bits per heavy atom. The number of hydrogen-bond acceptors (Lipinski definition) is 9. The van der Waals surface area contributed by atoms with Crippen LogP contribution in [0.4, 0.5) is 4.39 Å². The maximum absolute atomic E-state index is 12.1. The number of carbonyl (C=O) groups excluding carboxylic acids is 1. The van der Waals surface area contributed by atoms with Crippen molar-refractivity contribution in [2.24, 2.45) is 9.98 Å². The molecule has 1 aromatic carbocycles. The summed E-state index contributed by atoms with van der Waals surface area (Å²) in [5, 5.41) is 12.5. The van der Waals surface area contributed by atoms with E-state index >= 15 is 0 Å². The maximum Gasteiger partial charge on any atom is 0.337 e. The number of benzene rings is 1. The number of morpholine rings is 1. The van der Waals surface area contributed by atoms with Crippen molar-refractivity contribution in [1.29, 1.82) is 0 Å². The number of esters is 1. The number of amidine groups is 1. The Labute approximate surface area is 219 Å². The molecule has 0 atom stereocenters. The number of aliphatic imine (C=N–C) groups is 2. The molecule has 0 radical (unpaired) electrons. The first-order valence-electron chi connectivity index (χ1n) is 11.2. The molecular weight excluding hydrogens is 511 g/mol. The van der Waals surface area contributed by atoms with Gasteiger partial charge in [-0.3, -0.25) is 14.9 Å². The molecule has 0 spiro atoms. The average Bonchev–Trinajstić information content (AvgIpc) is 3.40. The van der Waals surface area contributed by atoms with Crippen LogP contribution in [0.5, 0.6) is 0 Å². The van der Waals surface area contributed by atoms with Gasteiger partial charge >= 0.3 is 11.9 Å². The first-order chi connectivity index (χ1) is 17.3. The van der Waals surface area contributed by atoms with Crippen LogP contribution >= 0.6 is 23.4 Å². The van der Waals surface area contributed by atoms with Crippen LogP contribution in [0.15, 0.2) is 57.7 Å². The van der Waals surface area contributed by atoms with Crippen molar-refractivity contribution in [3.05, 3.63) is 58.5 Å². The molecule has 1 aromatic rings. The molecular formula is C24H30ClFN4O5S. The number of carboxylic acids is 1. The monoisotopic (exact) mass is 540 g/mol. The fourth-order valence-corrected chi connectivity index (χ4v) is 4.13. The highest BCUT2D eigenvalue weighted by Gasteiger charge is 2.26. The van der Waals surface area contributed by atoms with Crippen molar-refractivity contribution in [3.8, 4) is 0 Å². The molecule has 4 rings (SSSR count). The van der Waals surface area contributed by atoms with Crippen molar-refractivity contribution >= 4 is 46.2 Å². The van der Waals surface area contributed by atoms with Crippen LogP contribution < -0.4 is 5.32 Å². The van der Waals surface area contributed by atoms with E-state index in [0.29, 0.717) is 23.7 Å². The van der Waals surface area contributed by atoms with E-state index < -0.39 is 5.97 Å². The van der Waals surface area contributed by atoms with Gasteiger partial charge in [0.1, 0.15) is 10.9 Å². The van der Waals surface area contributed by atoms with E-state index in [1.807, 2.05) is 0 Å². The Morgan fingerprint density at radius 2 is 2.08 bits per heavy atom. The number of allylic oxidation sites excluding steroid dienone is 1. The maximum atomic E-state index is 12.1. The van der Waals surface area contributed by atoms with Crippen molar-refractivity contribution in [3.63, 3.8) is 0 Å². The molecule has 0 aliphatic carbocycles. The number of ether oxygens (including phenoxy) is 2. The summed E-state index contributed by atoms with van der Waals surface area (Å²) >= 11 is 7.10. The van der Waals surface area contributed by atoms with Crippen LogP contribution in [0.3, 0.4) is 0 Å². The topological polar surface area (TPSA) is 113 Å². The third kappa shape index (κ3) is 10.5. The fourth-order valence-electron chi connectivity index (χ4n) is 3.14. The lowest BCUT2D eigenvalue weighted by Gasteiger charge is -2.30. The van der Waals surface area contributed by atoms with Crippen molar-refractivity contribution in [2.75, 3.05) is 58.8 Å². The van der Waals surface area contributed by atoms with Crippen LogP contribution in [0.2, 0.25) is 5.02 Å². The Kier molecular flexibility index (Phi) is 13.2. The van der Waals surface area contributed by atoms with Crippen molar-refractivity contribution in [1.82, 2.24) is 10.2 Å². The Morgan fingerprint density at radius 3 is 2.58 bits per heavy atom. The average molecular weight is 541 g/mol. The molecule has 1 saturated heterocycles. The number of rotatable bonds is 5. The zero-order valence-electron chi connectivity index (χ0n) is 20.2. The van der Waals surface area contributed by atoms with Gasteiger partial charge in [0.25, 0.3) is 0 Å². The highest BCUT2D eigenvalue weighted by atomic mass is 35.5. The molecule has 36 heavy (non-hydrogen) atoms. The molecule has 3 heterocycles. The molecule has 9 nitrogen and oxygen atoms in total. The van der Waals surface area contributed by atoms with E-state index in [-0.39, 0.29) is 11.8 Å². The van der Waals surface area contributed by atoms with Crippen LogP contribution in [-0.4, -0.2) is 91.6 Å². The molecule has 0 bridgehead atoms. The zero-order valence-corrected chi connectivity index (χ0v) is 21.8. The van der Waals surface area contributed by atoms with Gasteiger partial charge in [-0.25, -0.2) is 14.0 Å². The summed E-state index contributed by atoms with van der Waals surface area (Å²) in [5.74, 6) is 0.260. The number of carbonyl (C=O) groups is 2. The van der Waals surface area contributed by atoms with Gasteiger partial charge in [-0.1, -0.05) is 23.7 Å². The smallest absolute Gasteiger partial charge is 0.337 e. The fraction of sp³-hybridized carbons (Fsp3) is 0.417. The summed E-state index contributed by atoms with van der Waals surface area (Å²) in [4.78, 5) is 32.7. The third-order valence-electron chi connectivity index (χ3n) is 4.83.